The lowest BCUT2D eigenvalue weighted by molar-refractivity contribution is -0.137. The number of carboxylic acids is 1. The molecular weight excluding hydrogens is 234 g/mol. The van der Waals surface area contributed by atoms with Crippen molar-refractivity contribution in [3.63, 3.8) is 0 Å². The average molecular weight is 243 g/mol. The largest absolute Gasteiger partial charge is 0.485 e. The highest BCUT2D eigenvalue weighted by Gasteiger charge is 2.28. The summed E-state index contributed by atoms with van der Waals surface area (Å²) in [6, 6.07) is -1.76. The van der Waals surface area contributed by atoms with E-state index in [0.29, 0.717) is 0 Å². The van der Waals surface area contributed by atoms with Crippen LogP contribution in [0.1, 0.15) is 6.92 Å². The van der Waals surface area contributed by atoms with E-state index in [2.05, 4.69) is 17.0 Å². The van der Waals surface area contributed by atoms with E-state index in [1.165, 1.54) is 4.72 Å². The van der Waals surface area contributed by atoms with Crippen LogP contribution in [0.4, 0.5) is 0 Å². The lowest BCUT2D eigenvalue weighted by Gasteiger charge is -2.12. The molecule has 0 aliphatic heterocycles. The molecule has 0 aliphatic rings. The summed E-state index contributed by atoms with van der Waals surface area (Å²) < 4.78 is 35.0. The van der Waals surface area contributed by atoms with Gasteiger partial charge in [-0.05, 0) is 19.1 Å². The predicted octanol–water partition coefficient (Wildman–Crippen LogP) is -0.804. The molecule has 1 unspecified atom stereocenters. The summed E-state index contributed by atoms with van der Waals surface area (Å²) in [5.41, 5.74) is 0. The quantitative estimate of drug-likeness (QED) is 0.427. The maximum Gasteiger partial charge on any atom is 0.334 e. The lowest BCUT2D eigenvalue weighted by Crippen LogP contribution is -2.46. The van der Waals surface area contributed by atoms with E-state index in [0.717, 1.165) is 0 Å². The van der Waals surface area contributed by atoms with Crippen LogP contribution in [0.2, 0.25) is 0 Å². The Morgan fingerprint density at radius 1 is 1.64 bits per heavy atom. The van der Waals surface area contributed by atoms with E-state index in [-0.39, 0.29) is 6.61 Å². The summed E-state index contributed by atoms with van der Waals surface area (Å²) in [5, 5.41) is 8.07. The van der Waals surface area contributed by atoms with Gasteiger partial charge >= 0.3 is 16.3 Å². The van der Waals surface area contributed by atoms with Crippen LogP contribution < -0.4 is 4.72 Å². The fourth-order valence-corrected chi connectivity index (χ4v) is 1.43. The number of carbonyl (C=O) groups is 1. The molecule has 0 spiro atoms. The normalized spacial score (nSPS) is 13.3. The van der Waals surface area contributed by atoms with Crippen LogP contribution in [0, 0.1) is 0 Å². The van der Waals surface area contributed by atoms with Crippen molar-refractivity contribution in [1.82, 2.24) is 4.72 Å². The molecule has 1 atom stereocenters. The third kappa shape index (κ3) is 5.07. The van der Waals surface area contributed by atoms with Crippen molar-refractivity contribution in [1.29, 1.82) is 0 Å². The first kappa shape index (κ1) is 13.2. The number of ether oxygens (including phenoxy) is 1. The number of carboxylic acid groups (broad SMARTS) is 1. The molecule has 0 amide bonds. The Kier molecular flexibility index (Phi) is 4.91. The van der Waals surface area contributed by atoms with Gasteiger partial charge in [-0.15, -0.1) is 0 Å². The summed E-state index contributed by atoms with van der Waals surface area (Å²) in [6.07, 6.45) is 0. The fraction of sp³-hybridized carbons (Fsp3) is 0.600. The Morgan fingerprint density at radius 2 is 2.14 bits per heavy atom. The first-order valence-corrected chi connectivity index (χ1v) is 5.27. The Balaban J connectivity index is 4.62. The van der Waals surface area contributed by atoms with Crippen molar-refractivity contribution < 1.29 is 27.6 Å². The van der Waals surface area contributed by atoms with E-state index < -0.39 is 27.4 Å². The highest BCUT2D eigenvalue weighted by Crippen LogP contribution is 1.95. The second-order valence-electron chi connectivity index (χ2n) is 2.12. The number of thiocarbonyl (C=S) groups is 1. The van der Waals surface area contributed by atoms with Crippen molar-refractivity contribution in [3.05, 3.63) is 0 Å². The molecule has 0 aliphatic carbocycles. The number of nitrogens with one attached hydrogen (secondary N) is 1. The summed E-state index contributed by atoms with van der Waals surface area (Å²) in [5.74, 6) is -1.55. The highest BCUT2D eigenvalue weighted by atomic mass is 32.2. The fourth-order valence-electron chi connectivity index (χ4n) is 0.574. The van der Waals surface area contributed by atoms with Crippen LogP contribution in [-0.2, 0) is 19.8 Å². The van der Waals surface area contributed by atoms with Crippen LogP contribution in [0.3, 0.4) is 0 Å². The third-order valence-corrected chi connectivity index (χ3v) is 1.92. The predicted molar refractivity (Wildman–Crippen MR) is 50.3 cm³/mol. The first-order valence-electron chi connectivity index (χ1n) is 3.42. The van der Waals surface area contributed by atoms with Crippen molar-refractivity contribution in [2.24, 2.45) is 0 Å². The minimum absolute atomic E-state index is 0.107. The molecule has 0 heterocycles. The first-order chi connectivity index (χ1) is 6.28. The maximum atomic E-state index is 10.5. The van der Waals surface area contributed by atoms with E-state index in [4.69, 9.17) is 9.66 Å². The molecule has 0 fully saturated rings. The molecule has 14 heavy (non-hydrogen) atoms. The van der Waals surface area contributed by atoms with Gasteiger partial charge in [0.2, 0.25) is 0 Å². The molecule has 0 radical (unpaired) electrons. The molecular formula is C5H9NO6S2. The lowest BCUT2D eigenvalue weighted by atomic mass is 10.3. The van der Waals surface area contributed by atoms with Gasteiger partial charge in [-0.25, -0.2) is 4.79 Å². The minimum Gasteiger partial charge on any atom is -0.485 e. The van der Waals surface area contributed by atoms with Crippen molar-refractivity contribution in [2.45, 2.75) is 13.0 Å². The Hall–Kier alpha value is -0.770. The van der Waals surface area contributed by atoms with Gasteiger partial charge in [0.15, 0.2) is 11.1 Å². The minimum atomic E-state index is -4.63. The molecule has 0 aromatic rings. The average Bonchev–Trinajstić information content (AvgIpc) is 1.98. The summed E-state index contributed by atoms with van der Waals surface area (Å²) in [4.78, 5) is 10.5. The maximum absolute atomic E-state index is 10.5. The van der Waals surface area contributed by atoms with Gasteiger partial charge in [-0.2, -0.15) is 13.1 Å². The number of hydrogen-bond acceptors (Lipinski definition) is 5. The highest BCUT2D eigenvalue weighted by molar-refractivity contribution is 7.84. The van der Waals surface area contributed by atoms with Crippen LogP contribution >= 0.6 is 12.2 Å². The van der Waals surface area contributed by atoms with Gasteiger partial charge in [0, 0.05) is 0 Å². The van der Waals surface area contributed by atoms with Crippen molar-refractivity contribution in [2.75, 3.05) is 6.61 Å². The van der Waals surface area contributed by atoms with Gasteiger partial charge in [0.25, 0.3) is 0 Å². The molecule has 9 heteroatoms. The smallest absolute Gasteiger partial charge is 0.334 e. The van der Waals surface area contributed by atoms with Gasteiger partial charge in [-0.1, -0.05) is 0 Å². The molecule has 3 N–H and O–H groups in total. The zero-order valence-electron chi connectivity index (χ0n) is 7.13. The van der Waals surface area contributed by atoms with Crippen LogP contribution in [0.5, 0.6) is 0 Å². The van der Waals surface area contributed by atoms with E-state index in [1.807, 2.05) is 0 Å². The Labute approximate surface area is 85.9 Å². The van der Waals surface area contributed by atoms with Crippen LogP contribution in [-0.4, -0.2) is 41.7 Å². The standard InChI is InChI=1S/C5H9NO6S2/c1-2-12-5(13)3(4(7)8)6-14(9,10)11/h3,6H,2H2,1H3,(H,7,8)(H,9,10,11). The molecule has 0 saturated carbocycles. The molecule has 0 rings (SSSR count). The molecule has 82 valence electrons. The van der Waals surface area contributed by atoms with Gasteiger partial charge in [0.05, 0.1) is 6.61 Å². The van der Waals surface area contributed by atoms with E-state index >= 15 is 0 Å². The number of hydrogen-bond donors (Lipinski definition) is 3. The number of rotatable bonds is 5. The van der Waals surface area contributed by atoms with E-state index in [9.17, 15) is 13.2 Å². The SMILES string of the molecule is CCOC(=S)C(NS(=O)(=O)O)C(=O)O. The molecule has 0 aromatic carbocycles. The van der Waals surface area contributed by atoms with Crippen LogP contribution in [0.25, 0.3) is 0 Å². The monoisotopic (exact) mass is 243 g/mol. The van der Waals surface area contributed by atoms with Gasteiger partial charge in [-0.3, -0.25) is 4.55 Å². The van der Waals surface area contributed by atoms with Crippen LogP contribution in [0.15, 0.2) is 0 Å². The van der Waals surface area contributed by atoms with Crippen molar-refractivity contribution in [3.8, 4) is 0 Å². The molecule has 0 saturated heterocycles. The molecule has 7 nitrogen and oxygen atoms in total. The second-order valence-corrected chi connectivity index (χ2v) is 3.70. The topological polar surface area (TPSA) is 113 Å². The Morgan fingerprint density at radius 3 is 2.43 bits per heavy atom. The number of aliphatic carboxylic acids is 1. The third-order valence-electron chi connectivity index (χ3n) is 1.04. The zero-order valence-corrected chi connectivity index (χ0v) is 8.76. The zero-order chi connectivity index (χ0) is 11.4. The summed E-state index contributed by atoms with van der Waals surface area (Å²) in [7, 11) is -4.63. The Bertz CT molecular complexity index is 323. The van der Waals surface area contributed by atoms with Crippen molar-refractivity contribution >= 4 is 33.5 Å². The van der Waals surface area contributed by atoms with E-state index in [1.54, 1.807) is 6.92 Å². The molecule has 0 bridgehead atoms. The summed E-state index contributed by atoms with van der Waals surface area (Å²) in [6.45, 7) is 1.66. The second kappa shape index (κ2) is 5.20. The van der Waals surface area contributed by atoms with Gasteiger partial charge < -0.3 is 9.84 Å². The molecule has 0 aromatic heterocycles. The summed E-state index contributed by atoms with van der Waals surface area (Å²) >= 11 is 4.48. The van der Waals surface area contributed by atoms with Gasteiger partial charge in [0.1, 0.15) is 0 Å².